The Morgan fingerprint density at radius 3 is 2.43 bits per heavy atom. The molecule has 3 rings (SSSR count). The minimum absolute atomic E-state index is 0.109. The van der Waals surface area contributed by atoms with Crippen molar-refractivity contribution in [2.75, 3.05) is 30.8 Å². The minimum atomic E-state index is -3.75. The number of amides is 2. The largest absolute Gasteiger partial charge is 0.453 e. The third-order valence-electron chi connectivity index (χ3n) is 5.08. The zero-order valence-electron chi connectivity index (χ0n) is 16.9. The predicted molar refractivity (Wildman–Crippen MR) is 114 cm³/mol. The number of carbonyl (C=O) groups excluding carboxylic acids is 2. The van der Waals surface area contributed by atoms with Crippen molar-refractivity contribution in [2.45, 2.75) is 24.7 Å². The van der Waals surface area contributed by atoms with Gasteiger partial charge >= 0.3 is 6.09 Å². The van der Waals surface area contributed by atoms with Crippen LogP contribution in [0.5, 0.6) is 0 Å². The highest BCUT2D eigenvalue weighted by molar-refractivity contribution is 7.89. The number of hydrogen-bond acceptors (Lipinski definition) is 5. The fraction of sp³-hybridized carbons (Fsp3) is 0.333. The third-order valence-corrected chi connectivity index (χ3v) is 6.96. The molecular formula is C21H25N3O5S. The van der Waals surface area contributed by atoms with Gasteiger partial charge in [-0.1, -0.05) is 18.2 Å². The zero-order valence-corrected chi connectivity index (χ0v) is 17.7. The van der Waals surface area contributed by atoms with E-state index >= 15 is 0 Å². The molecule has 1 heterocycles. The Balaban J connectivity index is 1.70. The number of piperidine rings is 1. The topological polar surface area (TPSA) is 105 Å². The quantitative estimate of drug-likeness (QED) is 0.756. The van der Waals surface area contributed by atoms with Gasteiger partial charge in [-0.2, -0.15) is 4.31 Å². The Kier molecular flexibility index (Phi) is 6.73. The van der Waals surface area contributed by atoms with Gasteiger partial charge in [0, 0.05) is 24.5 Å². The Hall–Kier alpha value is -2.91. The van der Waals surface area contributed by atoms with Gasteiger partial charge in [0.15, 0.2) is 0 Å². The fourth-order valence-corrected chi connectivity index (χ4v) is 4.87. The molecule has 2 aromatic carbocycles. The summed E-state index contributed by atoms with van der Waals surface area (Å²) in [6.07, 6.45) is 0.600. The molecule has 0 radical (unpaired) electrons. The predicted octanol–water partition coefficient (Wildman–Crippen LogP) is 3.21. The molecule has 1 atom stereocenters. The van der Waals surface area contributed by atoms with Gasteiger partial charge in [-0.3, -0.25) is 10.1 Å². The molecule has 1 saturated heterocycles. The summed E-state index contributed by atoms with van der Waals surface area (Å²) in [6.45, 7) is 2.40. The van der Waals surface area contributed by atoms with Crippen molar-refractivity contribution in [2.24, 2.45) is 5.92 Å². The number of nitrogens with zero attached hydrogens (tertiary/aromatic N) is 1. The van der Waals surface area contributed by atoms with E-state index in [0.717, 1.165) is 11.3 Å². The summed E-state index contributed by atoms with van der Waals surface area (Å²) >= 11 is 0. The molecule has 0 bridgehead atoms. The summed E-state index contributed by atoms with van der Waals surface area (Å²) in [5, 5.41) is 5.39. The Morgan fingerprint density at radius 1 is 1.07 bits per heavy atom. The van der Waals surface area contributed by atoms with E-state index in [1.165, 1.54) is 35.7 Å². The lowest BCUT2D eigenvalue weighted by atomic mass is 9.98. The van der Waals surface area contributed by atoms with Gasteiger partial charge in [0.1, 0.15) is 0 Å². The van der Waals surface area contributed by atoms with Crippen molar-refractivity contribution in [3.8, 4) is 0 Å². The molecule has 2 aromatic rings. The van der Waals surface area contributed by atoms with E-state index in [0.29, 0.717) is 25.1 Å². The van der Waals surface area contributed by atoms with Gasteiger partial charge in [0.25, 0.3) is 0 Å². The molecule has 2 amide bonds. The maximum Gasteiger partial charge on any atom is 0.411 e. The van der Waals surface area contributed by atoms with Crippen molar-refractivity contribution in [1.29, 1.82) is 0 Å². The second-order valence-electron chi connectivity index (χ2n) is 7.15. The number of hydrogen-bond donors (Lipinski definition) is 2. The molecule has 0 aromatic heterocycles. The van der Waals surface area contributed by atoms with Crippen LogP contribution < -0.4 is 10.6 Å². The van der Waals surface area contributed by atoms with Crippen molar-refractivity contribution in [1.82, 2.24) is 4.31 Å². The van der Waals surface area contributed by atoms with Gasteiger partial charge in [-0.05, 0) is 55.7 Å². The van der Waals surface area contributed by atoms with Crippen molar-refractivity contribution in [3.05, 3.63) is 54.1 Å². The van der Waals surface area contributed by atoms with E-state index in [2.05, 4.69) is 15.4 Å². The number of methoxy groups -OCH3 is 1. The van der Waals surface area contributed by atoms with E-state index in [4.69, 9.17) is 0 Å². The van der Waals surface area contributed by atoms with Crippen LogP contribution in [0.2, 0.25) is 0 Å². The van der Waals surface area contributed by atoms with Crippen LogP contribution in [-0.2, 0) is 19.6 Å². The first-order valence-corrected chi connectivity index (χ1v) is 11.1. The molecule has 9 heteroatoms. The number of aryl methyl sites for hydroxylation is 1. The molecule has 0 spiro atoms. The van der Waals surface area contributed by atoms with E-state index < -0.39 is 22.0 Å². The molecule has 160 valence electrons. The molecule has 1 aliphatic rings. The summed E-state index contributed by atoms with van der Waals surface area (Å²) in [5.41, 5.74) is 2.11. The van der Waals surface area contributed by atoms with Gasteiger partial charge in [0.2, 0.25) is 15.9 Å². The number of carbonyl (C=O) groups is 2. The van der Waals surface area contributed by atoms with Gasteiger partial charge in [0.05, 0.1) is 17.9 Å². The fourth-order valence-electron chi connectivity index (χ4n) is 3.35. The second-order valence-corrected chi connectivity index (χ2v) is 9.09. The second kappa shape index (κ2) is 9.27. The molecule has 8 nitrogen and oxygen atoms in total. The number of sulfonamides is 1. The van der Waals surface area contributed by atoms with Gasteiger partial charge in [-0.25, -0.2) is 13.2 Å². The molecule has 1 fully saturated rings. The van der Waals surface area contributed by atoms with E-state index in [1.54, 1.807) is 0 Å². The molecule has 1 aliphatic heterocycles. The number of nitrogens with one attached hydrogen (secondary N) is 2. The average Bonchev–Trinajstić information content (AvgIpc) is 2.75. The van der Waals surface area contributed by atoms with E-state index in [1.807, 2.05) is 31.2 Å². The lowest BCUT2D eigenvalue weighted by molar-refractivity contribution is -0.120. The lowest BCUT2D eigenvalue weighted by Gasteiger charge is -2.31. The normalized spacial score (nSPS) is 17.2. The SMILES string of the molecule is COC(=O)Nc1ccc(S(=O)(=O)N2CCC[C@H](C(=O)Nc3ccccc3C)C2)cc1. The van der Waals surface area contributed by atoms with Crippen LogP contribution in [0.1, 0.15) is 18.4 Å². The van der Waals surface area contributed by atoms with Crippen LogP contribution in [0.15, 0.2) is 53.4 Å². The van der Waals surface area contributed by atoms with Crippen LogP contribution in [0, 0.1) is 12.8 Å². The first-order valence-electron chi connectivity index (χ1n) is 9.63. The van der Waals surface area contributed by atoms with Crippen LogP contribution in [0.4, 0.5) is 16.2 Å². The molecular weight excluding hydrogens is 406 g/mol. The van der Waals surface area contributed by atoms with E-state index in [-0.39, 0.29) is 17.3 Å². The average molecular weight is 432 g/mol. The lowest BCUT2D eigenvalue weighted by Crippen LogP contribution is -2.43. The molecule has 30 heavy (non-hydrogen) atoms. The summed E-state index contributed by atoms with van der Waals surface area (Å²) in [4.78, 5) is 24.1. The standard InChI is InChI=1S/C21H25N3O5S/c1-15-6-3-4-8-19(15)23-20(25)16-7-5-13-24(14-16)30(27,28)18-11-9-17(10-12-18)22-21(26)29-2/h3-4,6,8-12,16H,5,7,13-14H2,1-2H3,(H,22,26)(H,23,25)/t16-/m0/s1. The molecule has 0 unspecified atom stereocenters. The number of anilines is 2. The highest BCUT2D eigenvalue weighted by Crippen LogP contribution is 2.26. The number of benzene rings is 2. The number of rotatable bonds is 5. The molecule has 2 N–H and O–H groups in total. The first kappa shape index (κ1) is 21.8. The van der Waals surface area contributed by atoms with Crippen molar-refractivity contribution in [3.63, 3.8) is 0 Å². The van der Waals surface area contributed by atoms with E-state index in [9.17, 15) is 18.0 Å². The van der Waals surface area contributed by atoms with Crippen molar-refractivity contribution >= 4 is 33.4 Å². The number of para-hydroxylation sites is 1. The van der Waals surface area contributed by atoms with Crippen LogP contribution in [0.25, 0.3) is 0 Å². The Bertz CT molecular complexity index is 1020. The summed E-state index contributed by atoms with van der Waals surface area (Å²) in [6, 6.07) is 13.3. The Morgan fingerprint density at radius 2 is 1.77 bits per heavy atom. The van der Waals surface area contributed by atoms with Crippen LogP contribution in [0.3, 0.4) is 0 Å². The monoisotopic (exact) mass is 431 g/mol. The van der Waals surface area contributed by atoms with Crippen LogP contribution in [-0.4, -0.2) is 44.9 Å². The minimum Gasteiger partial charge on any atom is -0.453 e. The first-order chi connectivity index (χ1) is 14.3. The number of ether oxygens (including phenoxy) is 1. The third kappa shape index (κ3) is 4.98. The summed E-state index contributed by atoms with van der Waals surface area (Å²) in [7, 11) is -2.50. The highest BCUT2D eigenvalue weighted by atomic mass is 32.2. The smallest absolute Gasteiger partial charge is 0.411 e. The Labute approximate surface area is 176 Å². The maximum atomic E-state index is 13.0. The van der Waals surface area contributed by atoms with Gasteiger partial charge < -0.3 is 10.1 Å². The summed E-state index contributed by atoms with van der Waals surface area (Å²) < 4.78 is 31.9. The van der Waals surface area contributed by atoms with Crippen molar-refractivity contribution < 1.29 is 22.7 Å². The molecule has 0 saturated carbocycles. The summed E-state index contributed by atoms with van der Waals surface area (Å²) in [5.74, 6) is -0.602. The zero-order chi connectivity index (χ0) is 21.7. The maximum absolute atomic E-state index is 13.0. The molecule has 0 aliphatic carbocycles. The van der Waals surface area contributed by atoms with Crippen LogP contribution >= 0.6 is 0 Å². The highest BCUT2D eigenvalue weighted by Gasteiger charge is 2.33. The van der Waals surface area contributed by atoms with Gasteiger partial charge in [-0.15, -0.1) is 0 Å².